The van der Waals surface area contributed by atoms with Gasteiger partial charge in [-0.2, -0.15) is 0 Å². The molecule has 1 atom stereocenters. The minimum absolute atomic E-state index is 0.278. The Morgan fingerprint density at radius 3 is 3.06 bits per heavy atom. The van der Waals surface area contributed by atoms with Crippen molar-refractivity contribution in [2.24, 2.45) is 0 Å². The fourth-order valence-corrected chi connectivity index (χ4v) is 2.68. The van der Waals surface area contributed by atoms with Crippen LogP contribution >= 0.6 is 0 Å². The molecule has 2 aromatic rings. The molecule has 0 fully saturated rings. The van der Waals surface area contributed by atoms with Crippen LogP contribution in [0.3, 0.4) is 0 Å². The summed E-state index contributed by atoms with van der Waals surface area (Å²) >= 11 is 0. The maximum Gasteiger partial charge on any atom is 0.312 e. The van der Waals surface area contributed by atoms with E-state index < -0.39 is 11.9 Å². The molecule has 0 aliphatic carbocycles. The second-order valence-electron chi connectivity index (χ2n) is 4.43. The Morgan fingerprint density at radius 1 is 1.47 bits per heavy atom. The number of halogens is 1. The van der Waals surface area contributed by atoms with Crippen LogP contribution in [0.5, 0.6) is 0 Å². The van der Waals surface area contributed by atoms with Gasteiger partial charge in [0.1, 0.15) is 5.82 Å². The molecule has 1 aliphatic heterocycles. The van der Waals surface area contributed by atoms with E-state index in [0.717, 1.165) is 17.5 Å². The van der Waals surface area contributed by atoms with Gasteiger partial charge in [-0.15, -0.1) is 0 Å². The van der Waals surface area contributed by atoms with E-state index in [1.165, 1.54) is 6.07 Å². The average molecular weight is 233 g/mol. The van der Waals surface area contributed by atoms with E-state index in [1.54, 1.807) is 12.1 Å². The van der Waals surface area contributed by atoms with E-state index in [1.807, 2.05) is 10.6 Å². The Balaban J connectivity index is 2.29. The Morgan fingerprint density at radius 2 is 2.29 bits per heavy atom. The zero-order valence-electron chi connectivity index (χ0n) is 9.19. The zero-order chi connectivity index (χ0) is 12.0. The second kappa shape index (κ2) is 3.58. The zero-order valence-corrected chi connectivity index (χ0v) is 9.19. The first-order valence-corrected chi connectivity index (χ1v) is 5.69. The molecule has 0 saturated carbocycles. The highest BCUT2D eigenvalue weighted by atomic mass is 19.1. The molecule has 88 valence electrons. The van der Waals surface area contributed by atoms with E-state index in [-0.39, 0.29) is 5.82 Å². The number of benzene rings is 1. The van der Waals surface area contributed by atoms with Gasteiger partial charge in [0, 0.05) is 17.6 Å². The van der Waals surface area contributed by atoms with Crippen molar-refractivity contribution in [3.63, 3.8) is 0 Å². The summed E-state index contributed by atoms with van der Waals surface area (Å²) in [5.74, 6) is -1.61. The molecule has 0 radical (unpaired) electrons. The fourth-order valence-electron chi connectivity index (χ4n) is 2.68. The van der Waals surface area contributed by atoms with E-state index in [9.17, 15) is 14.3 Å². The molecule has 1 N–H and O–H groups in total. The predicted molar refractivity (Wildman–Crippen MR) is 61.5 cm³/mol. The lowest BCUT2D eigenvalue weighted by molar-refractivity contribution is -0.139. The maximum absolute atomic E-state index is 13.8. The molecule has 2 heterocycles. The number of aliphatic carboxylic acids is 1. The van der Waals surface area contributed by atoms with E-state index in [2.05, 4.69) is 0 Å². The lowest BCUT2D eigenvalue weighted by Gasteiger charge is -2.22. The first-order chi connectivity index (χ1) is 8.18. The number of aryl methyl sites for hydroxylation is 1. The molecule has 3 rings (SSSR count). The van der Waals surface area contributed by atoms with Crippen molar-refractivity contribution < 1.29 is 14.3 Å². The highest BCUT2D eigenvalue weighted by Gasteiger charge is 2.28. The number of aromatic nitrogens is 1. The standard InChI is InChI=1S/C13H12FNO2/c14-10-5-1-3-8-7-11-9(13(16)17)4-2-6-15(11)12(8)10/h1,3,5,7,9H,2,4,6H2,(H,16,17). The number of carboxylic acids is 1. The molecule has 0 spiro atoms. The number of nitrogens with zero attached hydrogens (tertiary/aromatic N) is 1. The number of carboxylic acid groups (broad SMARTS) is 1. The largest absolute Gasteiger partial charge is 0.481 e. The van der Waals surface area contributed by atoms with Crippen LogP contribution in [0, 0.1) is 5.82 Å². The van der Waals surface area contributed by atoms with E-state index >= 15 is 0 Å². The van der Waals surface area contributed by atoms with Gasteiger partial charge in [0.2, 0.25) is 0 Å². The van der Waals surface area contributed by atoms with Crippen LogP contribution in [0.25, 0.3) is 10.9 Å². The quantitative estimate of drug-likeness (QED) is 0.822. The van der Waals surface area contributed by atoms with Gasteiger partial charge in [-0.3, -0.25) is 4.79 Å². The molecule has 1 aromatic heterocycles. The minimum atomic E-state index is -0.825. The van der Waals surface area contributed by atoms with Crippen molar-refractivity contribution in [3.8, 4) is 0 Å². The van der Waals surface area contributed by atoms with Gasteiger partial charge in [0.15, 0.2) is 0 Å². The molecule has 0 saturated heterocycles. The smallest absolute Gasteiger partial charge is 0.312 e. The van der Waals surface area contributed by atoms with Gasteiger partial charge in [-0.25, -0.2) is 4.39 Å². The third-order valence-electron chi connectivity index (χ3n) is 3.43. The van der Waals surface area contributed by atoms with Crippen LogP contribution in [-0.2, 0) is 11.3 Å². The third-order valence-corrected chi connectivity index (χ3v) is 3.43. The van der Waals surface area contributed by atoms with Crippen molar-refractivity contribution in [3.05, 3.63) is 35.8 Å². The number of hydrogen-bond donors (Lipinski definition) is 1. The molecule has 3 nitrogen and oxygen atoms in total. The van der Waals surface area contributed by atoms with Gasteiger partial charge in [0.25, 0.3) is 0 Å². The molecular formula is C13H12FNO2. The van der Waals surface area contributed by atoms with Crippen molar-refractivity contribution in [2.75, 3.05) is 0 Å². The summed E-state index contributed by atoms with van der Waals surface area (Å²) in [6, 6.07) is 6.69. The summed E-state index contributed by atoms with van der Waals surface area (Å²) in [5, 5.41) is 9.96. The van der Waals surface area contributed by atoms with Gasteiger partial charge in [-0.1, -0.05) is 12.1 Å². The SMILES string of the molecule is O=C(O)C1CCCn2c1cc1cccc(F)c12. The lowest BCUT2D eigenvalue weighted by Crippen LogP contribution is -2.21. The topological polar surface area (TPSA) is 42.2 Å². The number of para-hydroxylation sites is 1. The highest BCUT2D eigenvalue weighted by molar-refractivity contribution is 5.85. The number of fused-ring (bicyclic) bond motifs is 3. The molecule has 1 unspecified atom stereocenters. The monoisotopic (exact) mass is 233 g/mol. The van der Waals surface area contributed by atoms with Crippen LogP contribution in [0.2, 0.25) is 0 Å². The summed E-state index contributed by atoms with van der Waals surface area (Å²) in [4.78, 5) is 11.2. The highest BCUT2D eigenvalue weighted by Crippen LogP contribution is 2.34. The fraction of sp³-hybridized carbons (Fsp3) is 0.308. The first kappa shape index (κ1) is 10.3. The normalized spacial score (nSPS) is 19.2. The van der Waals surface area contributed by atoms with Crippen LogP contribution in [0.15, 0.2) is 24.3 Å². The lowest BCUT2D eigenvalue weighted by atomic mass is 9.96. The summed E-state index contributed by atoms with van der Waals surface area (Å²) in [5.41, 5.74) is 1.26. The van der Waals surface area contributed by atoms with E-state index in [4.69, 9.17) is 0 Å². The third kappa shape index (κ3) is 1.44. The summed E-state index contributed by atoms with van der Waals surface area (Å²) in [7, 11) is 0. The molecule has 4 heteroatoms. The maximum atomic E-state index is 13.8. The van der Waals surface area contributed by atoms with Gasteiger partial charge < -0.3 is 9.67 Å². The molecule has 0 amide bonds. The molecular weight excluding hydrogens is 221 g/mol. The van der Waals surface area contributed by atoms with Crippen LogP contribution in [0.4, 0.5) is 4.39 Å². The van der Waals surface area contributed by atoms with Gasteiger partial charge in [0.05, 0.1) is 11.4 Å². The molecule has 1 aliphatic rings. The van der Waals surface area contributed by atoms with E-state index in [0.29, 0.717) is 18.5 Å². The minimum Gasteiger partial charge on any atom is -0.481 e. The summed E-state index contributed by atoms with van der Waals surface area (Å²) in [6.07, 6.45) is 1.41. The summed E-state index contributed by atoms with van der Waals surface area (Å²) < 4.78 is 15.6. The second-order valence-corrected chi connectivity index (χ2v) is 4.43. The number of hydrogen-bond acceptors (Lipinski definition) is 1. The molecule has 1 aromatic carbocycles. The first-order valence-electron chi connectivity index (χ1n) is 5.69. The van der Waals surface area contributed by atoms with Crippen LogP contribution in [0.1, 0.15) is 24.5 Å². The van der Waals surface area contributed by atoms with Crippen molar-refractivity contribution >= 4 is 16.9 Å². The number of rotatable bonds is 1. The predicted octanol–water partition coefficient (Wildman–Crippen LogP) is 2.74. The van der Waals surface area contributed by atoms with Crippen molar-refractivity contribution in [2.45, 2.75) is 25.3 Å². The average Bonchev–Trinajstić information content (AvgIpc) is 2.67. The molecule has 0 bridgehead atoms. The Bertz CT molecular complexity index is 603. The Kier molecular flexibility index (Phi) is 2.18. The summed E-state index contributed by atoms with van der Waals surface area (Å²) in [6.45, 7) is 0.698. The Hall–Kier alpha value is -1.84. The number of carbonyl (C=O) groups is 1. The Labute approximate surface area is 97.5 Å². The van der Waals surface area contributed by atoms with Crippen LogP contribution in [-0.4, -0.2) is 15.6 Å². The molecule has 17 heavy (non-hydrogen) atoms. The van der Waals surface area contributed by atoms with Crippen molar-refractivity contribution in [1.29, 1.82) is 0 Å². The van der Waals surface area contributed by atoms with Crippen LogP contribution < -0.4 is 0 Å². The van der Waals surface area contributed by atoms with Gasteiger partial charge in [-0.05, 0) is 25.0 Å². The van der Waals surface area contributed by atoms with Gasteiger partial charge >= 0.3 is 5.97 Å². The van der Waals surface area contributed by atoms with Crippen molar-refractivity contribution in [1.82, 2.24) is 4.57 Å².